The minimum atomic E-state index is -4.47. The Hall–Kier alpha value is -8.80. The number of aryl methyl sites for hydroxylation is 1. The fraction of sp³-hybridized carbons (Fsp3) is 0.279. The van der Waals surface area contributed by atoms with Gasteiger partial charge in [-0.2, -0.15) is 16.8 Å². The molecule has 1 heterocycles. The van der Waals surface area contributed by atoms with Gasteiger partial charge in [-0.25, -0.2) is 21.8 Å². The van der Waals surface area contributed by atoms with E-state index < -0.39 is 55.5 Å². The third-order valence-corrected chi connectivity index (χ3v) is 16.6. The summed E-state index contributed by atoms with van der Waals surface area (Å²) in [6.07, 6.45) is 2.11. The second-order valence-corrected chi connectivity index (χ2v) is 26.1. The highest BCUT2D eigenvalue weighted by atomic mass is 32.2. The highest BCUT2D eigenvalue weighted by Gasteiger charge is 2.27. The predicted octanol–water partition coefficient (Wildman–Crippen LogP) is 10.2. The number of nitrogens with zero attached hydrogens (tertiary/aromatic N) is 4. The first-order valence-electron chi connectivity index (χ1n) is 27.6. The number of phenolic OH excluding ortho intramolecular Hbond substituents is 1. The van der Waals surface area contributed by atoms with Crippen LogP contribution < -0.4 is 46.4 Å². The van der Waals surface area contributed by atoms with Crippen molar-refractivity contribution >= 4 is 141 Å². The maximum atomic E-state index is 13.6. The molecule has 2 aliphatic rings. The lowest BCUT2D eigenvalue weighted by Crippen LogP contribution is -2.23. The van der Waals surface area contributed by atoms with Gasteiger partial charge in [0.25, 0.3) is 20.2 Å². The molecule has 0 spiro atoms. The summed E-state index contributed by atoms with van der Waals surface area (Å²) >= 11 is 0. The Bertz CT molecular complexity index is 4530. The van der Waals surface area contributed by atoms with Crippen molar-refractivity contribution in [3.8, 4) is 17.1 Å². The van der Waals surface area contributed by atoms with E-state index in [0.29, 0.717) is 45.3 Å². The third-order valence-electron chi connectivity index (χ3n) is 13.6. The van der Waals surface area contributed by atoms with Gasteiger partial charge in [-0.05, 0) is 114 Å². The molecule has 0 unspecified atom stereocenters. The number of carbonyl (C=O) groups is 2. The van der Waals surface area contributed by atoms with Crippen molar-refractivity contribution in [2.45, 2.75) is 79.2 Å². The lowest BCUT2D eigenvalue weighted by molar-refractivity contribution is -0.115. The first kappa shape index (κ1) is 71.0. The van der Waals surface area contributed by atoms with Crippen LogP contribution in [-0.4, -0.2) is 114 Å². The summed E-state index contributed by atoms with van der Waals surface area (Å²) in [7, 11) is -16.0. The van der Waals surface area contributed by atoms with Crippen LogP contribution in [0.1, 0.15) is 62.8 Å². The van der Waals surface area contributed by atoms with E-state index in [1.54, 1.807) is 42.5 Å². The van der Waals surface area contributed by atoms with Gasteiger partial charge in [0.2, 0.25) is 37.3 Å². The number of benzene rings is 8. The molecule has 28 heteroatoms. The fourth-order valence-corrected chi connectivity index (χ4v) is 12.5. The number of phenols is 1. The van der Waals surface area contributed by atoms with Gasteiger partial charge in [0.05, 0.1) is 63.4 Å². The summed E-state index contributed by atoms with van der Waals surface area (Å²) in [5.74, 6) is -0.785. The number of sulfonamides is 2. The predicted molar refractivity (Wildman–Crippen MR) is 359 cm³/mol. The van der Waals surface area contributed by atoms with Crippen LogP contribution in [-0.2, 0) is 56.4 Å². The first-order valence-corrected chi connectivity index (χ1v) is 34.3. The largest absolute Gasteiger partial charge is 0.505 e. The average molecular weight is 1300 g/mol. The minimum absolute atomic E-state index is 0. The number of amides is 2. The maximum absolute atomic E-state index is 13.6. The number of aromatic hydroxyl groups is 1. The van der Waals surface area contributed by atoms with Crippen LogP contribution in [0.2, 0.25) is 0 Å². The molecule has 10 N–H and O–H groups in total. The van der Waals surface area contributed by atoms with E-state index in [1.165, 1.54) is 49.9 Å². The van der Waals surface area contributed by atoms with Crippen LogP contribution in [0.4, 0.5) is 45.5 Å². The van der Waals surface area contributed by atoms with Crippen molar-refractivity contribution in [3.05, 3.63) is 132 Å². The van der Waals surface area contributed by atoms with Gasteiger partial charge < -0.3 is 41.2 Å². The number of nitrogen functional groups attached to an aromatic ring is 1. The molecule has 478 valence electrons. The molecule has 1 aliphatic heterocycles. The number of fused-ring (bicyclic) bond motifs is 6. The van der Waals surface area contributed by atoms with Crippen LogP contribution >= 0.6 is 0 Å². The van der Waals surface area contributed by atoms with Crippen molar-refractivity contribution in [3.63, 3.8) is 0 Å². The van der Waals surface area contributed by atoms with Crippen LogP contribution in [0.25, 0.3) is 54.7 Å². The summed E-state index contributed by atoms with van der Waals surface area (Å²) in [5, 5.41) is 20.3. The monoisotopic (exact) mass is 1300 g/mol. The van der Waals surface area contributed by atoms with E-state index in [0.717, 1.165) is 79.9 Å². The molecule has 0 aromatic heterocycles. The number of hydrogen-bond donors (Lipinski definition) is 9. The smallest absolute Gasteiger partial charge is 0.295 e. The molecule has 0 radical (unpaired) electrons. The number of anilines is 8. The second kappa shape index (κ2) is 29.5. The number of hydrogen-bond acceptors (Lipinski definition) is 17. The molecule has 0 saturated heterocycles. The van der Waals surface area contributed by atoms with Gasteiger partial charge in [-0.15, -0.1) is 0 Å². The molecule has 0 fully saturated rings. The summed E-state index contributed by atoms with van der Waals surface area (Å²) < 4.78 is 116. The topological polar surface area (TPSA) is 359 Å². The van der Waals surface area contributed by atoms with E-state index in [9.17, 15) is 53.2 Å². The number of nitrogens with two attached hydrogens (primary N) is 1. The van der Waals surface area contributed by atoms with Crippen molar-refractivity contribution < 1.29 is 57.5 Å². The maximum Gasteiger partial charge on any atom is 0.295 e. The molecule has 0 saturated carbocycles. The van der Waals surface area contributed by atoms with E-state index in [4.69, 9.17) is 19.8 Å². The van der Waals surface area contributed by atoms with Gasteiger partial charge in [0, 0.05) is 96.8 Å². The first-order chi connectivity index (χ1) is 41.3. The standard InChI is InChI=1S/C25H29N5O4S.C13H14N2O4S.C12H21N3.C10H8O6S2.CH4/c1-6-29(7-2)16-12-13-18-20(14-16)30(8-3)24-22(27-18)21-17(25(32)23(24)26-15(4)31)10-9-11-19(21)28-35(5,33)34;1-8(16)14-12-7-6-9-10(13(12)17)4-3-5-11(9)15-20(2,18)19;1-4-14-12-9-10(7-8-11(12)13)15(5-2)6-3;11-17(12,13)9-5-1-3-7-8(9)4-2-6-10(7)18(14,15)16;/h9-14,28H,6-8H2,1-5H3,(H,26,31);3-7,15,17H,1-2H3,(H,14,16);7-9,14H,4-6,13H2,1-3H3;1-6H,(H,11,12,13)(H,14,15,16);1H4. The van der Waals surface area contributed by atoms with Crippen molar-refractivity contribution in [2.24, 2.45) is 0 Å². The van der Waals surface area contributed by atoms with Crippen molar-refractivity contribution in [1.82, 2.24) is 9.55 Å². The van der Waals surface area contributed by atoms with Crippen molar-refractivity contribution in [1.29, 1.82) is 0 Å². The van der Waals surface area contributed by atoms with Crippen molar-refractivity contribution in [2.75, 3.05) is 86.2 Å². The lowest BCUT2D eigenvalue weighted by atomic mass is 9.99. The van der Waals surface area contributed by atoms with E-state index >= 15 is 0 Å². The van der Waals surface area contributed by atoms with E-state index in [1.807, 2.05) is 35.8 Å². The molecule has 24 nitrogen and oxygen atoms in total. The van der Waals surface area contributed by atoms with Crippen LogP contribution in [0.3, 0.4) is 0 Å². The number of nitrogens with one attached hydrogen (secondary N) is 5. The Kier molecular flexibility index (Phi) is 23.5. The molecule has 9 rings (SSSR count). The fourth-order valence-electron chi connectivity index (χ4n) is 9.90. The minimum Gasteiger partial charge on any atom is -0.505 e. The van der Waals surface area contributed by atoms with Gasteiger partial charge >= 0.3 is 0 Å². The Labute approximate surface area is 519 Å². The number of rotatable bonds is 17. The quantitative estimate of drug-likeness (QED) is 0.0134. The Morgan fingerprint density at radius 2 is 1.06 bits per heavy atom. The second-order valence-electron chi connectivity index (χ2n) is 19.8. The molecule has 2 amide bonds. The normalized spacial score (nSPS) is 11.5. The number of aromatic nitrogens is 2. The molecule has 0 atom stereocenters. The Morgan fingerprint density at radius 1 is 0.573 bits per heavy atom. The Morgan fingerprint density at radius 3 is 1.55 bits per heavy atom. The summed E-state index contributed by atoms with van der Waals surface area (Å²) in [5.41, 5.74) is 13.0. The van der Waals surface area contributed by atoms with Crippen LogP contribution in [0, 0.1) is 0 Å². The lowest BCUT2D eigenvalue weighted by Gasteiger charge is -2.25. The summed E-state index contributed by atoms with van der Waals surface area (Å²) in [6, 6.07) is 32.5. The van der Waals surface area contributed by atoms with Gasteiger partial charge in [-0.1, -0.05) is 56.0 Å². The van der Waals surface area contributed by atoms with Crippen LogP contribution in [0.15, 0.2) is 136 Å². The molecule has 0 bridgehead atoms. The molecule has 7 aromatic carbocycles. The molecular weight excluding hydrogens is 1220 g/mol. The van der Waals surface area contributed by atoms with Gasteiger partial charge in [0.15, 0.2) is 0 Å². The zero-order valence-electron chi connectivity index (χ0n) is 50.1. The van der Waals surface area contributed by atoms with Gasteiger partial charge in [0.1, 0.15) is 21.2 Å². The molecule has 7 aromatic rings. The highest BCUT2D eigenvalue weighted by molar-refractivity contribution is 7.92. The molecule has 89 heavy (non-hydrogen) atoms. The summed E-state index contributed by atoms with van der Waals surface area (Å²) in [6.45, 7) is 20.3. The zero-order chi connectivity index (χ0) is 65.2. The average Bonchev–Trinajstić information content (AvgIpc) is 0.739. The number of carbonyl (C=O) groups excluding carboxylic acids is 2. The molecular formula is C61H76N10O14S4. The van der Waals surface area contributed by atoms with E-state index in [-0.39, 0.29) is 58.2 Å². The van der Waals surface area contributed by atoms with Crippen LogP contribution in [0.5, 0.6) is 5.75 Å². The third kappa shape index (κ3) is 17.3. The van der Waals surface area contributed by atoms with Gasteiger partial charge in [-0.3, -0.25) is 32.9 Å². The highest BCUT2D eigenvalue weighted by Crippen LogP contribution is 2.41. The molecule has 1 aliphatic carbocycles. The Balaban J connectivity index is 0.000000229. The SMILES string of the molecule is C.CC(=O)Nc1ccc2c(NS(C)(=O)=O)cccc2c1O.CCN(CC)c1ccc2nc3c4c(NS(C)(=O)=O)cccc4c(=O)c(NC(C)=O)c-3n(CC)c2c1.CCNc1cc(N(CC)CC)ccc1N.O=S(=O)(O)c1cccc2c(S(=O)(=O)O)cccc12. The summed E-state index contributed by atoms with van der Waals surface area (Å²) in [4.78, 5) is 45.4. The van der Waals surface area contributed by atoms with E-state index in [2.05, 4.69) is 81.9 Å². The zero-order valence-corrected chi connectivity index (χ0v) is 53.4.